The highest BCUT2D eigenvalue weighted by Crippen LogP contribution is 2.27. The van der Waals surface area contributed by atoms with E-state index in [0.717, 1.165) is 55.4 Å². The van der Waals surface area contributed by atoms with Crippen LogP contribution in [0.5, 0.6) is 0 Å². The van der Waals surface area contributed by atoms with E-state index in [4.69, 9.17) is 21.7 Å². The summed E-state index contributed by atoms with van der Waals surface area (Å²) in [6.07, 6.45) is 5.76. The van der Waals surface area contributed by atoms with Crippen molar-refractivity contribution in [3.8, 4) is 17.1 Å². The molecule has 1 saturated heterocycles. The number of rotatable bonds is 5. The van der Waals surface area contributed by atoms with Crippen LogP contribution in [-0.2, 0) is 6.54 Å². The van der Waals surface area contributed by atoms with Gasteiger partial charge >= 0.3 is 0 Å². The molecule has 6 nitrogen and oxygen atoms in total. The van der Waals surface area contributed by atoms with Gasteiger partial charge in [-0.05, 0) is 68.4 Å². The van der Waals surface area contributed by atoms with Gasteiger partial charge in [-0.15, -0.1) is 5.10 Å². The normalized spacial score (nSPS) is 13.9. The van der Waals surface area contributed by atoms with Crippen molar-refractivity contribution in [1.29, 1.82) is 0 Å². The van der Waals surface area contributed by atoms with E-state index >= 15 is 0 Å². The largest absolute Gasteiger partial charge is 0.296 e. The minimum absolute atomic E-state index is 0.425. The van der Waals surface area contributed by atoms with Gasteiger partial charge in [-0.25, -0.2) is 19.6 Å². The third-order valence-corrected chi connectivity index (χ3v) is 5.93. The van der Waals surface area contributed by atoms with Gasteiger partial charge in [0.1, 0.15) is 11.6 Å². The second-order valence-electron chi connectivity index (χ2n) is 7.76. The zero-order chi connectivity index (χ0) is 25.0. The Morgan fingerprint density at radius 1 is 0.886 bits per heavy atom. The summed E-state index contributed by atoms with van der Waals surface area (Å²) >= 11 is 6.05. The summed E-state index contributed by atoms with van der Waals surface area (Å²) in [5, 5.41) is 5.53. The van der Waals surface area contributed by atoms with Crippen LogP contribution in [0.4, 0.5) is 4.39 Å². The molecule has 0 bridgehead atoms. The lowest BCUT2D eigenvalue weighted by Gasteiger charge is -2.30. The van der Waals surface area contributed by atoms with Crippen molar-refractivity contribution in [1.82, 2.24) is 29.6 Å². The molecule has 0 saturated carbocycles. The molecule has 3 heterocycles. The van der Waals surface area contributed by atoms with Gasteiger partial charge in [-0.1, -0.05) is 43.6 Å². The van der Waals surface area contributed by atoms with Gasteiger partial charge in [0.25, 0.3) is 0 Å². The molecule has 1 aliphatic rings. The van der Waals surface area contributed by atoms with Crippen molar-refractivity contribution in [2.24, 2.45) is 0 Å². The molecule has 1 fully saturated rings. The van der Waals surface area contributed by atoms with Crippen LogP contribution in [0.25, 0.3) is 17.1 Å². The minimum Gasteiger partial charge on any atom is -0.296 e. The van der Waals surface area contributed by atoms with Gasteiger partial charge in [0.05, 0.1) is 19.4 Å². The molecule has 184 valence electrons. The van der Waals surface area contributed by atoms with Gasteiger partial charge < -0.3 is 0 Å². The van der Waals surface area contributed by atoms with Gasteiger partial charge in [0, 0.05) is 28.9 Å². The summed E-state index contributed by atoms with van der Waals surface area (Å²) in [6, 6.07) is 19.7. The summed E-state index contributed by atoms with van der Waals surface area (Å²) in [5.74, 6) is 3.03. The predicted molar refractivity (Wildman–Crippen MR) is 139 cm³/mol. The van der Waals surface area contributed by atoms with Crippen molar-refractivity contribution in [3.63, 3.8) is 0 Å². The number of alkyl halides is 1. The second kappa shape index (κ2) is 13.7. The standard InChI is InChI=1S/C24H23ClN6.C2H6.CH3F/c25-20-9-7-18(8-10-20)24-28-22(31(29-24)21-5-2-1-3-6-21)17-30-15-11-19(12-16-30)23-26-13-4-14-27-23;2*1-2/h1-10,13-14,19H,11-12,15-17H2;1-2H3;1H3. The summed E-state index contributed by atoms with van der Waals surface area (Å²) in [7, 11) is 0.500. The topological polar surface area (TPSA) is 59.7 Å². The molecule has 2 aromatic carbocycles. The van der Waals surface area contributed by atoms with Crippen molar-refractivity contribution in [3.05, 3.63) is 89.7 Å². The quantitative estimate of drug-likeness (QED) is 0.322. The van der Waals surface area contributed by atoms with Crippen molar-refractivity contribution >= 4 is 11.6 Å². The molecular weight excluding hydrogens is 463 g/mol. The fourth-order valence-corrected chi connectivity index (χ4v) is 4.14. The number of hydrogen-bond acceptors (Lipinski definition) is 5. The average molecular weight is 495 g/mol. The monoisotopic (exact) mass is 494 g/mol. The molecule has 4 aromatic rings. The summed E-state index contributed by atoms with van der Waals surface area (Å²) < 4.78 is 11.5. The van der Waals surface area contributed by atoms with Crippen molar-refractivity contribution in [2.45, 2.75) is 39.2 Å². The second-order valence-corrected chi connectivity index (χ2v) is 8.20. The van der Waals surface area contributed by atoms with Crippen LogP contribution in [0.1, 0.15) is 44.3 Å². The first-order valence-electron chi connectivity index (χ1n) is 11.9. The third-order valence-electron chi connectivity index (χ3n) is 5.68. The smallest absolute Gasteiger partial charge is 0.181 e. The van der Waals surface area contributed by atoms with Crippen LogP contribution in [0.2, 0.25) is 5.02 Å². The summed E-state index contributed by atoms with van der Waals surface area (Å²) in [6.45, 7) is 6.72. The Hall–Kier alpha value is -3.16. The lowest BCUT2D eigenvalue weighted by atomic mass is 9.96. The molecule has 1 aliphatic heterocycles. The molecule has 0 atom stereocenters. The highest BCUT2D eigenvalue weighted by molar-refractivity contribution is 6.30. The highest BCUT2D eigenvalue weighted by Gasteiger charge is 2.24. The Labute approximate surface area is 211 Å². The van der Waals surface area contributed by atoms with Crippen molar-refractivity contribution < 1.29 is 4.39 Å². The summed E-state index contributed by atoms with van der Waals surface area (Å²) in [4.78, 5) is 16.2. The maximum absolute atomic E-state index is 9.50. The van der Waals surface area contributed by atoms with E-state index in [1.165, 1.54) is 0 Å². The Balaban J connectivity index is 0.000000815. The summed E-state index contributed by atoms with van der Waals surface area (Å²) in [5.41, 5.74) is 1.97. The number of halogens is 2. The molecule has 2 aromatic heterocycles. The molecule has 0 aliphatic carbocycles. The van der Waals surface area contributed by atoms with Crippen LogP contribution >= 0.6 is 11.6 Å². The predicted octanol–water partition coefficient (Wildman–Crippen LogP) is 6.37. The zero-order valence-electron chi connectivity index (χ0n) is 20.5. The lowest BCUT2D eigenvalue weighted by molar-refractivity contribution is 0.196. The van der Waals surface area contributed by atoms with Crippen LogP contribution in [-0.4, -0.2) is 49.9 Å². The lowest BCUT2D eigenvalue weighted by Crippen LogP contribution is -2.33. The third kappa shape index (κ3) is 6.93. The highest BCUT2D eigenvalue weighted by atomic mass is 35.5. The van der Waals surface area contributed by atoms with Crippen LogP contribution in [0.15, 0.2) is 73.1 Å². The Morgan fingerprint density at radius 2 is 1.51 bits per heavy atom. The van der Waals surface area contributed by atoms with E-state index in [9.17, 15) is 4.39 Å². The Bertz CT molecular complexity index is 1130. The maximum atomic E-state index is 9.50. The fraction of sp³-hybridized carbons (Fsp3) is 0.333. The Morgan fingerprint density at radius 3 is 2.14 bits per heavy atom. The molecule has 8 heteroatoms. The molecule has 0 spiro atoms. The first-order chi connectivity index (χ1) is 17.3. The van der Waals surface area contributed by atoms with E-state index in [1.807, 2.05) is 79.5 Å². The van der Waals surface area contributed by atoms with E-state index in [1.54, 1.807) is 0 Å². The number of aromatic nitrogens is 5. The first-order valence-corrected chi connectivity index (χ1v) is 12.3. The van der Waals surface area contributed by atoms with E-state index in [-0.39, 0.29) is 0 Å². The number of para-hydroxylation sites is 1. The first kappa shape index (κ1) is 26.4. The van der Waals surface area contributed by atoms with E-state index in [0.29, 0.717) is 23.9 Å². The number of likely N-dealkylation sites (tertiary alicyclic amines) is 1. The number of piperidine rings is 1. The molecule has 0 N–H and O–H groups in total. The van der Waals surface area contributed by atoms with Crippen LogP contribution in [0, 0.1) is 0 Å². The molecule has 0 amide bonds. The average Bonchev–Trinajstić information content (AvgIpc) is 3.36. The van der Waals surface area contributed by atoms with Gasteiger partial charge in [0.15, 0.2) is 5.82 Å². The van der Waals surface area contributed by atoms with Gasteiger partial charge in [-0.2, -0.15) is 0 Å². The van der Waals surface area contributed by atoms with Gasteiger partial charge in [0.2, 0.25) is 0 Å². The van der Waals surface area contributed by atoms with Gasteiger partial charge in [-0.3, -0.25) is 9.29 Å². The molecule has 5 rings (SSSR count). The van der Waals surface area contributed by atoms with Crippen molar-refractivity contribution in [2.75, 3.05) is 20.3 Å². The number of nitrogens with zero attached hydrogens (tertiary/aromatic N) is 6. The number of benzene rings is 2. The molecule has 35 heavy (non-hydrogen) atoms. The van der Waals surface area contributed by atoms with Crippen LogP contribution < -0.4 is 0 Å². The Kier molecular flexibility index (Phi) is 10.3. The molecular formula is C27H32ClFN6. The van der Waals surface area contributed by atoms with E-state index in [2.05, 4.69) is 27.0 Å². The maximum Gasteiger partial charge on any atom is 0.181 e. The fourth-order valence-electron chi connectivity index (χ4n) is 4.01. The van der Waals surface area contributed by atoms with Crippen LogP contribution in [0.3, 0.4) is 0 Å². The minimum atomic E-state index is 0.425. The number of hydrogen-bond donors (Lipinski definition) is 0. The van der Waals surface area contributed by atoms with E-state index < -0.39 is 0 Å². The SMILES string of the molecule is CC.CF.Clc1ccc(-c2nc(CN3CCC(c4ncccn4)CC3)n(-c3ccccc3)n2)cc1. The molecule has 0 radical (unpaired) electrons. The zero-order valence-corrected chi connectivity index (χ0v) is 21.2. The molecule has 0 unspecified atom stereocenters.